The molecule has 0 spiro atoms. The summed E-state index contributed by atoms with van der Waals surface area (Å²) >= 11 is 1.60. The normalized spacial score (nSPS) is 12.1. The number of hydrogen-bond donors (Lipinski definition) is 1. The third kappa shape index (κ3) is 3.92. The van der Waals surface area contributed by atoms with Gasteiger partial charge < -0.3 is 10.1 Å². The summed E-state index contributed by atoms with van der Waals surface area (Å²) < 4.78 is 5.49. The van der Waals surface area contributed by atoms with Gasteiger partial charge in [0.25, 0.3) is 0 Å². The summed E-state index contributed by atoms with van der Waals surface area (Å²) in [5.74, 6) is 0.0269. The molecule has 20 heavy (non-hydrogen) atoms. The number of carbonyl (C=O) groups is 1. The molecule has 0 radical (unpaired) electrons. The number of amides is 1. The van der Waals surface area contributed by atoms with Crippen molar-refractivity contribution in [2.75, 3.05) is 13.7 Å². The fourth-order valence-corrected chi connectivity index (χ4v) is 2.78. The lowest BCUT2D eigenvalue weighted by molar-refractivity contribution is -0.121. The van der Waals surface area contributed by atoms with Gasteiger partial charge >= 0.3 is 0 Å². The third-order valence-corrected chi connectivity index (χ3v) is 3.98. The topological polar surface area (TPSA) is 38.3 Å². The van der Waals surface area contributed by atoms with Crippen molar-refractivity contribution < 1.29 is 9.53 Å². The van der Waals surface area contributed by atoms with Crippen molar-refractivity contribution in [2.45, 2.75) is 19.4 Å². The van der Waals surface area contributed by atoms with Crippen LogP contribution in [0.15, 0.2) is 41.1 Å². The van der Waals surface area contributed by atoms with E-state index in [0.717, 1.165) is 11.1 Å². The van der Waals surface area contributed by atoms with Gasteiger partial charge in [-0.1, -0.05) is 24.3 Å². The summed E-state index contributed by atoms with van der Waals surface area (Å²) in [5.41, 5.74) is 3.34. The van der Waals surface area contributed by atoms with Crippen LogP contribution in [0.2, 0.25) is 0 Å². The van der Waals surface area contributed by atoms with E-state index < -0.39 is 0 Å². The lowest BCUT2D eigenvalue weighted by Crippen LogP contribution is -2.30. The maximum atomic E-state index is 11.9. The van der Waals surface area contributed by atoms with Gasteiger partial charge in [-0.2, -0.15) is 11.3 Å². The number of nitrogens with one attached hydrogen (secondary N) is 1. The molecule has 2 rings (SSSR count). The van der Waals surface area contributed by atoms with Crippen molar-refractivity contribution in [1.82, 2.24) is 5.32 Å². The van der Waals surface area contributed by atoms with Crippen molar-refractivity contribution in [3.05, 3.63) is 57.8 Å². The standard InChI is InChI=1S/C16H19NO2S/c1-12-5-3-4-6-14(12)15(19-2)10-17-16(18)9-13-7-8-20-11-13/h3-8,11,15H,9-10H2,1-2H3,(H,17,18)/t15-/m1/s1. The number of ether oxygens (including phenoxy) is 1. The molecular weight excluding hydrogens is 270 g/mol. The minimum Gasteiger partial charge on any atom is -0.375 e. The predicted molar refractivity (Wildman–Crippen MR) is 82.0 cm³/mol. The molecule has 0 aliphatic rings. The van der Waals surface area contributed by atoms with Crippen LogP contribution in [0.1, 0.15) is 22.8 Å². The second-order valence-corrected chi connectivity index (χ2v) is 5.47. The van der Waals surface area contributed by atoms with Gasteiger partial charge in [0.1, 0.15) is 0 Å². The highest BCUT2D eigenvalue weighted by atomic mass is 32.1. The average Bonchev–Trinajstić information content (AvgIpc) is 2.94. The Labute approximate surface area is 123 Å². The van der Waals surface area contributed by atoms with Gasteiger partial charge in [0.2, 0.25) is 5.91 Å². The van der Waals surface area contributed by atoms with E-state index in [0.29, 0.717) is 13.0 Å². The second kappa shape index (κ2) is 7.22. The molecule has 2 aromatic rings. The molecule has 0 unspecified atom stereocenters. The molecule has 1 N–H and O–H groups in total. The molecule has 0 saturated carbocycles. The molecule has 0 bridgehead atoms. The Bertz CT molecular complexity index is 551. The first-order valence-corrected chi connectivity index (χ1v) is 7.51. The lowest BCUT2D eigenvalue weighted by Gasteiger charge is -2.18. The Kier molecular flexibility index (Phi) is 5.32. The van der Waals surface area contributed by atoms with Crippen LogP contribution in [-0.4, -0.2) is 19.6 Å². The fraction of sp³-hybridized carbons (Fsp3) is 0.312. The zero-order valence-corrected chi connectivity index (χ0v) is 12.6. The van der Waals surface area contributed by atoms with Gasteiger partial charge in [-0.05, 0) is 40.4 Å². The molecule has 0 saturated heterocycles. The number of thiophene rings is 1. The van der Waals surface area contributed by atoms with Crippen LogP contribution in [-0.2, 0) is 16.0 Å². The molecule has 106 valence electrons. The van der Waals surface area contributed by atoms with E-state index >= 15 is 0 Å². The molecular formula is C16H19NO2S. The van der Waals surface area contributed by atoms with Crippen molar-refractivity contribution in [3.63, 3.8) is 0 Å². The first-order valence-electron chi connectivity index (χ1n) is 6.57. The van der Waals surface area contributed by atoms with Gasteiger partial charge in [0, 0.05) is 13.7 Å². The van der Waals surface area contributed by atoms with E-state index in [4.69, 9.17) is 4.74 Å². The zero-order valence-electron chi connectivity index (χ0n) is 11.8. The molecule has 1 amide bonds. The van der Waals surface area contributed by atoms with Crippen LogP contribution < -0.4 is 5.32 Å². The van der Waals surface area contributed by atoms with E-state index in [1.807, 2.05) is 35.0 Å². The first-order chi connectivity index (χ1) is 9.70. The molecule has 4 heteroatoms. The van der Waals surface area contributed by atoms with Crippen LogP contribution in [0, 0.1) is 6.92 Å². The Balaban J connectivity index is 1.91. The van der Waals surface area contributed by atoms with E-state index in [1.165, 1.54) is 5.56 Å². The van der Waals surface area contributed by atoms with Crippen LogP contribution in [0.3, 0.4) is 0 Å². The highest BCUT2D eigenvalue weighted by Gasteiger charge is 2.14. The number of benzene rings is 1. The Morgan fingerprint density at radius 1 is 1.35 bits per heavy atom. The van der Waals surface area contributed by atoms with E-state index in [2.05, 4.69) is 18.3 Å². The molecule has 1 heterocycles. The number of carbonyl (C=O) groups excluding carboxylic acids is 1. The minimum atomic E-state index is -0.109. The Morgan fingerprint density at radius 3 is 2.80 bits per heavy atom. The summed E-state index contributed by atoms with van der Waals surface area (Å²) in [6, 6.07) is 10.0. The van der Waals surface area contributed by atoms with Crippen LogP contribution in [0.5, 0.6) is 0 Å². The number of hydrogen-bond acceptors (Lipinski definition) is 3. The smallest absolute Gasteiger partial charge is 0.224 e. The number of aryl methyl sites for hydroxylation is 1. The summed E-state index contributed by atoms with van der Waals surface area (Å²) in [5, 5.41) is 6.91. The predicted octanol–water partition coefficient (Wildman–Crippen LogP) is 3.10. The highest BCUT2D eigenvalue weighted by Crippen LogP contribution is 2.19. The van der Waals surface area contributed by atoms with Crippen molar-refractivity contribution in [3.8, 4) is 0 Å². The molecule has 1 aromatic carbocycles. The van der Waals surface area contributed by atoms with Crippen LogP contribution in [0.25, 0.3) is 0 Å². The highest BCUT2D eigenvalue weighted by molar-refractivity contribution is 7.07. The van der Waals surface area contributed by atoms with Crippen LogP contribution >= 0.6 is 11.3 Å². The fourth-order valence-electron chi connectivity index (χ4n) is 2.12. The van der Waals surface area contributed by atoms with Gasteiger partial charge in [-0.3, -0.25) is 4.79 Å². The van der Waals surface area contributed by atoms with Gasteiger partial charge in [0.15, 0.2) is 0 Å². The van der Waals surface area contributed by atoms with Gasteiger partial charge in [0.05, 0.1) is 12.5 Å². The van der Waals surface area contributed by atoms with Gasteiger partial charge in [-0.15, -0.1) is 0 Å². The summed E-state index contributed by atoms with van der Waals surface area (Å²) in [7, 11) is 1.67. The first kappa shape index (κ1) is 14.8. The zero-order chi connectivity index (χ0) is 14.4. The SMILES string of the molecule is CO[C@H](CNC(=O)Cc1ccsc1)c1ccccc1C. The molecule has 1 atom stereocenters. The van der Waals surface area contributed by atoms with Crippen LogP contribution in [0.4, 0.5) is 0 Å². The minimum absolute atomic E-state index is 0.0269. The monoisotopic (exact) mass is 289 g/mol. The summed E-state index contributed by atoms with van der Waals surface area (Å²) in [6.07, 6.45) is 0.316. The second-order valence-electron chi connectivity index (χ2n) is 4.69. The van der Waals surface area contributed by atoms with Gasteiger partial charge in [-0.25, -0.2) is 0 Å². The van der Waals surface area contributed by atoms with Crippen molar-refractivity contribution in [2.24, 2.45) is 0 Å². The van der Waals surface area contributed by atoms with Crippen molar-refractivity contribution in [1.29, 1.82) is 0 Å². The molecule has 3 nitrogen and oxygen atoms in total. The Morgan fingerprint density at radius 2 is 2.15 bits per heavy atom. The average molecular weight is 289 g/mol. The quantitative estimate of drug-likeness (QED) is 0.887. The van der Waals surface area contributed by atoms with Crippen molar-refractivity contribution >= 4 is 17.2 Å². The molecule has 0 aliphatic carbocycles. The summed E-state index contributed by atoms with van der Waals surface area (Å²) in [6.45, 7) is 2.54. The Hall–Kier alpha value is -1.65. The summed E-state index contributed by atoms with van der Waals surface area (Å²) in [4.78, 5) is 11.9. The largest absolute Gasteiger partial charge is 0.375 e. The molecule has 1 aromatic heterocycles. The van der Waals surface area contributed by atoms with E-state index in [9.17, 15) is 4.79 Å². The molecule has 0 fully saturated rings. The number of methoxy groups -OCH3 is 1. The maximum absolute atomic E-state index is 11.9. The third-order valence-electron chi connectivity index (χ3n) is 3.25. The van der Waals surface area contributed by atoms with E-state index in [1.54, 1.807) is 18.4 Å². The van der Waals surface area contributed by atoms with E-state index in [-0.39, 0.29) is 12.0 Å². The number of rotatable bonds is 6. The molecule has 0 aliphatic heterocycles. The maximum Gasteiger partial charge on any atom is 0.224 e. The lowest BCUT2D eigenvalue weighted by atomic mass is 10.0.